The highest BCUT2D eigenvalue weighted by Crippen LogP contribution is 2.15. The standard InChI is InChI=1S/C52H99NO5/c1-3-5-7-9-11-13-15-17-19-21-23-25-30-34-38-42-46-52(57)58-47-43-39-35-31-27-26-29-33-37-41-45-51(56)53-49(48-54)50(55)44-40-36-32-28-24-22-20-18-16-14-12-10-8-6-4-2/h19,21,40,44,49-50,54-55H,3-18,20,22-39,41-43,45-48H2,1-2H3,(H,53,56)/b21-19-,44-40+. The van der Waals surface area contributed by atoms with E-state index >= 15 is 0 Å². The fourth-order valence-electron chi connectivity index (χ4n) is 7.74. The largest absolute Gasteiger partial charge is 0.466 e. The zero-order valence-corrected chi connectivity index (χ0v) is 38.8. The second-order valence-corrected chi connectivity index (χ2v) is 17.5. The van der Waals surface area contributed by atoms with Crippen LogP contribution in [0.25, 0.3) is 0 Å². The molecule has 0 radical (unpaired) electrons. The number of allylic oxidation sites excluding steroid dienone is 3. The smallest absolute Gasteiger partial charge is 0.305 e. The molecule has 58 heavy (non-hydrogen) atoms. The summed E-state index contributed by atoms with van der Waals surface area (Å²) in [5.74, 6) is -0.119. The Balaban J connectivity index is 3.52. The van der Waals surface area contributed by atoms with Crippen molar-refractivity contribution < 1.29 is 24.5 Å². The summed E-state index contributed by atoms with van der Waals surface area (Å²) >= 11 is 0. The lowest BCUT2D eigenvalue weighted by molar-refractivity contribution is -0.143. The van der Waals surface area contributed by atoms with Crippen molar-refractivity contribution in [3.63, 3.8) is 0 Å². The van der Waals surface area contributed by atoms with E-state index in [1.807, 2.05) is 6.08 Å². The molecular formula is C52H99NO5. The first-order valence-corrected chi connectivity index (χ1v) is 25.6. The molecule has 1 amide bonds. The average Bonchev–Trinajstić information content (AvgIpc) is 3.22. The monoisotopic (exact) mass is 818 g/mol. The minimum absolute atomic E-state index is 0.0284. The fourth-order valence-corrected chi connectivity index (χ4v) is 7.74. The third-order valence-corrected chi connectivity index (χ3v) is 11.7. The molecule has 0 aromatic carbocycles. The van der Waals surface area contributed by atoms with Crippen LogP contribution in [0.1, 0.15) is 271 Å². The maximum Gasteiger partial charge on any atom is 0.305 e. The quantitative estimate of drug-likeness (QED) is 0.0323. The Morgan fingerprint density at radius 3 is 1.22 bits per heavy atom. The van der Waals surface area contributed by atoms with Crippen LogP contribution in [0, 0.1) is 0 Å². The highest BCUT2D eigenvalue weighted by molar-refractivity contribution is 5.76. The van der Waals surface area contributed by atoms with E-state index in [0.717, 1.165) is 57.8 Å². The molecule has 0 heterocycles. The van der Waals surface area contributed by atoms with Gasteiger partial charge in [0.2, 0.25) is 5.91 Å². The molecule has 2 unspecified atom stereocenters. The lowest BCUT2D eigenvalue weighted by atomic mass is 10.0. The molecule has 0 aliphatic rings. The molecule has 0 aliphatic heterocycles. The van der Waals surface area contributed by atoms with E-state index in [-0.39, 0.29) is 18.5 Å². The van der Waals surface area contributed by atoms with Gasteiger partial charge in [0.1, 0.15) is 0 Å². The van der Waals surface area contributed by atoms with Crippen LogP contribution < -0.4 is 5.32 Å². The van der Waals surface area contributed by atoms with Crippen LogP contribution in [0.4, 0.5) is 0 Å². The molecule has 0 bridgehead atoms. The molecule has 3 N–H and O–H groups in total. The first-order chi connectivity index (χ1) is 28.5. The Bertz CT molecular complexity index is 904. The van der Waals surface area contributed by atoms with Crippen molar-refractivity contribution in [3.8, 4) is 0 Å². The van der Waals surface area contributed by atoms with Crippen LogP contribution in [0.5, 0.6) is 0 Å². The SMILES string of the molecule is CCCCCCCCC/C=C\CCCCCCCC(=O)OCCCCCCCCCCCCC(=O)NC(CO)C(O)/C=C/CCCCCCCCCCCCCCC. The van der Waals surface area contributed by atoms with Gasteiger partial charge in [0.25, 0.3) is 0 Å². The van der Waals surface area contributed by atoms with Crippen LogP contribution >= 0.6 is 0 Å². The molecule has 0 saturated heterocycles. The van der Waals surface area contributed by atoms with Crippen LogP contribution in [0.15, 0.2) is 24.3 Å². The minimum atomic E-state index is -0.858. The molecule has 0 rings (SSSR count). The lowest BCUT2D eigenvalue weighted by Crippen LogP contribution is -2.45. The topological polar surface area (TPSA) is 95.9 Å². The maximum atomic E-state index is 12.4. The number of amides is 1. The predicted octanol–water partition coefficient (Wildman–Crippen LogP) is 15.1. The zero-order chi connectivity index (χ0) is 42.3. The van der Waals surface area contributed by atoms with Gasteiger partial charge in [0.05, 0.1) is 25.4 Å². The van der Waals surface area contributed by atoms with E-state index in [4.69, 9.17) is 4.74 Å². The summed E-state index contributed by atoms with van der Waals surface area (Å²) in [5.41, 5.74) is 0. The van der Waals surface area contributed by atoms with Crippen molar-refractivity contribution in [2.45, 2.75) is 283 Å². The van der Waals surface area contributed by atoms with Crippen LogP contribution in [-0.4, -0.2) is 47.4 Å². The number of hydrogen-bond donors (Lipinski definition) is 3. The molecule has 0 spiro atoms. The number of ether oxygens (including phenoxy) is 1. The molecule has 0 aromatic rings. The molecule has 2 atom stereocenters. The van der Waals surface area contributed by atoms with Crippen molar-refractivity contribution in [2.75, 3.05) is 13.2 Å². The van der Waals surface area contributed by atoms with E-state index in [1.54, 1.807) is 6.08 Å². The van der Waals surface area contributed by atoms with Gasteiger partial charge in [-0.25, -0.2) is 0 Å². The Labute approximate surface area is 361 Å². The van der Waals surface area contributed by atoms with Gasteiger partial charge in [-0.2, -0.15) is 0 Å². The molecule has 6 heteroatoms. The van der Waals surface area contributed by atoms with Crippen molar-refractivity contribution in [1.29, 1.82) is 0 Å². The van der Waals surface area contributed by atoms with E-state index in [0.29, 0.717) is 19.4 Å². The van der Waals surface area contributed by atoms with Gasteiger partial charge >= 0.3 is 5.97 Å². The number of nitrogens with one attached hydrogen (secondary N) is 1. The van der Waals surface area contributed by atoms with E-state index in [9.17, 15) is 19.8 Å². The number of aliphatic hydroxyl groups excluding tert-OH is 2. The van der Waals surface area contributed by atoms with E-state index in [1.165, 1.54) is 186 Å². The van der Waals surface area contributed by atoms with E-state index in [2.05, 4.69) is 31.3 Å². The highest BCUT2D eigenvalue weighted by atomic mass is 16.5. The number of unbranched alkanes of at least 4 members (excludes halogenated alkanes) is 34. The van der Waals surface area contributed by atoms with Crippen LogP contribution in [0.2, 0.25) is 0 Å². The second-order valence-electron chi connectivity index (χ2n) is 17.5. The van der Waals surface area contributed by atoms with Gasteiger partial charge in [0, 0.05) is 12.8 Å². The summed E-state index contributed by atoms with van der Waals surface area (Å²) in [6.45, 7) is 4.84. The molecule has 0 saturated carbocycles. The van der Waals surface area contributed by atoms with Gasteiger partial charge in [-0.1, -0.05) is 224 Å². The van der Waals surface area contributed by atoms with Crippen molar-refractivity contribution >= 4 is 11.9 Å². The van der Waals surface area contributed by atoms with Gasteiger partial charge in [0.15, 0.2) is 0 Å². The summed E-state index contributed by atoms with van der Waals surface area (Å²) in [7, 11) is 0. The van der Waals surface area contributed by atoms with Gasteiger partial charge in [-0.15, -0.1) is 0 Å². The second kappa shape index (κ2) is 48.0. The third kappa shape index (κ3) is 43.9. The summed E-state index contributed by atoms with van der Waals surface area (Å²) in [4.78, 5) is 24.5. The average molecular weight is 818 g/mol. The minimum Gasteiger partial charge on any atom is -0.466 e. The van der Waals surface area contributed by atoms with Crippen molar-refractivity contribution in [2.24, 2.45) is 0 Å². The predicted molar refractivity (Wildman–Crippen MR) is 250 cm³/mol. The number of esters is 1. The molecular weight excluding hydrogens is 719 g/mol. The number of aliphatic hydroxyl groups is 2. The number of carbonyl (C=O) groups is 2. The molecule has 0 fully saturated rings. The highest BCUT2D eigenvalue weighted by Gasteiger charge is 2.18. The molecule has 0 aromatic heterocycles. The Morgan fingerprint density at radius 1 is 0.466 bits per heavy atom. The third-order valence-electron chi connectivity index (χ3n) is 11.7. The van der Waals surface area contributed by atoms with Gasteiger partial charge in [-0.3, -0.25) is 9.59 Å². The molecule has 6 nitrogen and oxygen atoms in total. The van der Waals surface area contributed by atoms with Crippen LogP contribution in [-0.2, 0) is 14.3 Å². The van der Waals surface area contributed by atoms with Gasteiger partial charge in [-0.05, 0) is 57.8 Å². The lowest BCUT2D eigenvalue weighted by Gasteiger charge is -2.20. The summed E-state index contributed by atoms with van der Waals surface area (Å²) in [6.07, 6.45) is 56.0. The fraction of sp³-hybridized carbons (Fsp3) is 0.885. The molecule has 342 valence electrons. The van der Waals surface area contributed by atoms with Crippen molar-refractivity contribution in [3.05, 3.63) is 24.3 Å². The van der Waals surface area contributed by atoms with Crippen LogP contribution in [0.3, 0.4) is 0 Å². The number of rotatable bonds is 47. The zero-order valence-electron chi connectivity index (χ0n) is 38.8. The normalized spacial score (nSPS) is 12.8. The first-order valence-electron chi connectivity index (χ1n) is 25.6. The first kappa shape index (κ1) is 56.3. The Kier molecular flexibility index (Phi) is 46.6. The van der Waals surface area contributed by atoms with Crippen molar-refractivity contribution in [1.82, 2.24) is 5.32 Å². The number of carbonyl (C=O) groups excluding carboxylic acids is 2. The summed E-state index contributed by atoms with van der Waals surface area (Å²) in [5, 5.41) is 23.0. The molecule has 0 aliphatic carbocycles. The summed E-state index contributed by atoms with van der Waals surface area (Å²) in [6, 6.07) is -0.644. The van der Waals surface area contributed by atoms with E-state index < -0.39 is 12.1 Å². The maximum absolute atomic E-state index is 12.4. The van der Waals surface area contributed by atoms with Gasteiger partial charge < -0.3 is 20.3 Å². The Hall–Kier alpha value is -1.66. The summed E-state index contributed by atoms with van der Waals surface area (Å²) < 4.78 is 5.45. The number of hydrogen-bond acceptors (Lipinski definition) is 5. The Morgan fingerprint density at radius 2 is 0.810 bits per heavy atom.